The van der Waals surface area contributed by atoms with E-state index in [1.807, 2.05) is 31.2 Å². The lowest BCUT2D eigenvalue weighted by Crippen LogP contribution is -2.00. The minimum absolute atomic E-state index is 0.0177. The van der Waals surface area contributed by atoms with Gasteiger partial charge in [-0.05, 0) is 31.2 Å². The van der Waals surface area contributed by atoms with Crippen molar-refractivity contribution in [3.8, 4) is 16.9 Å². The molecule has 0 saturated carbocycles. The topological polar surface area (TPSA) is 47.8 Å². The quantitative estimate of drug-likeness (QED) is 0.690. The smallest absolute Gasteiger partial charge is 0.172 e. The SMILES string of the molecule is Cc1cccc(-c2c(C=O)nnn2-c2ccc(F)c(Cl)c2)c1. The van der Waals surface area contributed by atoms with Crippen molar-refractivity contribution in [2.75, 3.05) is 0 Å². The summed E-state index contributed by atoms with van der Waals surface area (Å²) in [4.78, 5) is 11.2. The molecule has 0 unspecified atom stereocenters. The Morgan fingerprint density at radius 1 is 1.23 bits per heavy atom. The van der Waals surface area contributed by atoms with E-state index >= 15 is 0 Å². The van der Waals surface area contributed by atoms with Crippen LogP contribution in [0, 0.1) is 12.7 Å². The molecule has 6 heteroatoms. The zero-order valence-electron chi connectivity index (χ0n) is 11.6. The molecule has 0 aliphatic heterocycles. The van der Waals surface area contributed by atoms with Crippen molar-refractivity contribution in [1.29, 1.82) is 0 Å². The van der Waals surface area contributed by atoms with E-state index in [0.717, 1.165) is 11.1 Å². The summed E-state index contributed by atoms with van der Waals surface area (Å²) in [6, 6.07) is 11.8. The molecule has 2 aromatic carbocycles. The summed E-state index contributed by atoms with van der Waals surface area (Å²) in [7, 11) is 0. The first kappa shape index (κ1) is 14.4. The van der Waals surface area contributed by atoms with Crippen LogP contribution in [0.4, 0.5) is 4.39 Å². The van der Waals surface area contributed by atoms with Gasteiger partial charge in [0.15, 0.2) is 12.0 Å². The molecule has 3 rings (SSSR count). The summed E-state index contributed by atoms with van der Waals surface area (Å²) >= 11 is 5.82. The average molecular weight is 316 g/mol. The maximum absolute atomic E-state index is 13.3. The molecule has 0 aliphatic carbocycles. The van der Waals surface area contributed by atoms with E-state index < -0.39 is 5.82 Å². The van der Waals surface area contributed by atoms with Gasteiger partial charge in [0.25, 0.3) is 0 Å². The summed E-state index contributed by atoms with van der Waals surface area (Å²) < 4.78 is 14.8. The second-order valence-electron chi connectivity index (χ2n) is 4.82. The lowest BCUT2D eigenvalue weighted by Gasteiger charge is -2.08. The first-order valence-electron chi connectivity index (χ1n) is 6.53. The Balaban J connectivity index is 2.23. The standard InChI is InChI=1S/C16H11ClFN3O/c1-10-3-2-4-11(7-10)16-15(9-22)19-20-21(16)12-5-6-14(18)13(17)8-12/h2-9H,1H3. The van der Waals surface area contributed by atoms with Crippen molar-refractivity contribution in [1.82, 2.24) is 15.0 Å². The average Bonchev–Trinajstić information content (AvgIpc) is 2.94. The van der Waals surface area contributed by atoms with E-state index in [1.165, 1.54) is 22.9 Å². The molecular weight excluding hydrogens is 305 g/mol. The lowest BCUT2D eigenvalue weighted by molar-refractivity contribution is 0.111. The van der Waals surface area contributed by atoms with Crippen molar-refractivity contribution >= 4 is 17.9 Å². The van der Waals surface area contributed by atoms with Gasteiger partial charge >= 0.3 is 0 Å². The monoisotopic (exact) mass is 315 g/mol. The fourth-order valence-corrected chi connectivity index (χ4v) is 2.41. The highest BCUT2D eigenvalue weighted by atomic mass is 35.5. The van der Waals surface area contributed by atoms with Crippen molar-refractivity contribution in [3.05, 3.63) is 64.6 Å². The Bertz CT molecular complexity index is 860. The molecule has 0 spiro atoms. The van der Waals surface area contributed by atoms with Gasteiger partial charge < -0.3 is 0 Å². The molecule has 0 fully saturated rings. The van der Waals surface area contributed by atoms with Crippen molar-refractivity contribution in [2.45, 2.75) is 6.92 Å². The third kappa shape index (κ3) is 2.51. The van der Waals surface area contributed by atoms with Gasteiger partial charge in [-0.2, -0.15) is 0 Å². The van der Waals surface area contributed by atoms with E-state index in [9.17, 15) is 9.18 Å². The number of rotatable bonds is 3. The van der Waals surface area contributed by atoms with Crippen LogP contribution in [0.1, 0.15) is 16.1 Å². The van der Waals surface area contributed by atoms with Crippen molar-refractivity contribution < 1.29 is 9.18 Å². The number of halogens is 2. The van der Waals surface area contributed by atoms with Gasteiger partial charge in [0.1, 0.15) is 11.5 Å². The van der Waals surface area contributed by atoms with Crippen LogP contribution in [0.5, 0.6) is 0 Å². The highest BCUT2D eigenvalue weighted by molar-refractivity contribution is 6.30. The zero-order valence-corrected chi connectivity index (χ0v) is 12.4. The second kappa shape index (κ2) is 5.69. The highest BCUT2D eigenvalue weighted by Gasteiger charge is 2.16. The van der Waals surface area contributed by atoms with Crippen molar-refractivity contribution in [3.63, 3.8) is 0 Å². The fourth-order valence-electron chi connectivity index (χ4n) is 2.23. The van der Waals surface area contributed by atoms with Gasteiger partial charge in [-0.25, -0.2) is 9.07 Å². The number of aromatic nitrogens is 3. The maximum atomic E-state index is 13.3. The third-order valence-electron chi connectivity index (χ3n) is 3.25. The minimum Gasteiger partial charge on any atom is -0.296 e. The summed E-state index contributed by atoms with van der Waals surface area (Å²) in [6.45, 7) is 1.95. The Hall–Kier alpha value is -2.53. The van der Waals surface area contributed by atoms with Crippen LogP contribution in [0.25, 0.3) is 16.9 Å². The molecular formula is C16H11ClFN3O. The number of benzene rings is 2. The number of hydrogen-bond donors (Lipinski definition) is 0. The van der Waals surface area contributed by atoms with Gasteiger partial charge in [-0.1, -0.05) is 40.6 Å². The Labute approximate surface area is 131 Å². The number of carbonyl (C=O) groups excluding carboxylic acids is 1. The van der Waals surface area contributed by atoms with E-state index in [2.05, 4.69) is 10.3 Å². The predicted octanol–water partition coefficient (Wildman–Crippen LogP) is 3.85. The van der Waals surface area contributed by atoms with E-state index in [1.54, 1.807) is 0 Å². The summed E-state index contributed by atoms with van der Waals surface area (Å²) in [5.74, 6) is -0.516. The zero-order chi connectivity index (χ0) is 15.7. The third-order valence-corrected chi connectivity index (χ3v) is 3.54. The fraction of sp³-hybridized carbons (Fsp3) is 0.0625. The highest BCUT2D eigenvalue weighted by Crippen LogP contribution is 2.27. The summed E-state index contributed by atoms with van der Waals surface area (Å²) in [5.41, 5.74) is 3.13. The molecule has 1 heterocycles. The number of nitrogens with zero attached hydrogens (tertiary/aromatic N) is 3. The first-order chi connectivity index (χ1) is 10.6. The lowest BCUT2D eigenvalue weighted by atomic mass is 10.1. The molecule has 0 saturated heterocycles. The largest absolute Gasteiger partial charge is 0.296 e. The molecule has 0 N–H and O–H groups in total. The molecule has 3 aromatic rings. The maximum Gasteiger partial charge on any atom is 0.172 e. The van der Waals surface area contributed by atoms with Crippen LogP contribution >= 0.6 is 11.6 Å². The van der Waals surface area contributed by atoms with Gasteiger partial charge in [0.05, 0.1) is 10.7 Å². The Morgan fingerprint density at radius 3 is 2.73 bits per heavy atom. The van der Waals surface area contributed by atoms with Crippen molar-refractivity contribution in [2.24, 2.45) is 0 Å². The van der Waals surface area contributed by atoms with Crippen LogP contribution in [0.2, 0.25) is 5.02 Å². The van der Waals surface area contributed by atoms with Crippen LogP contribution in [0.3, 0.4) is 0 Å². The molecule has 22 heavy (non-hydrogen) atoms. The molecule has 0 radical (unpaired) electrons. The summed E-state index contributed by atoms with van der Waals surface area (Å²) in [6.07, 6.45) is 0.645. The summed E-state index contributed by atoms with van der Waals surface area (Å²) in [5, 5.41) is 7.85. The molecule has 110 valence electrons. The number of hydrogen-bond acceptors (Lipinski definition) is 3. The van der Waals surface area contributed by atoms with Gasteiger partial charge in [0, 0.05) is 5.56 Å². The number of carbonyl (C=O) groups is 1. The Kier molecular flexibility index (Phi) is 3.73. The van der Waals surface area contributed by atoms with E-state index in [0.29, 0.717) is 17.7 Å². The predicted molar refractivity (Wildman–Crippen MR) is 81.9 cm³/mol. The molecule has 0 atom stereocenters. The molecule has 4 nitrogen and oxygen atoms in total. The van der Waals surface area contributed by atoms with Crippen LogP contribution in [0.15, 0.2) is 42.5 Å². The molecule has 0 aliphatic rings. The van der Waals surface area contributed by atoms with Crippen LogP contribution < -0.4 is 0 Å². The van der Waals surface area contributed by atoms with E-state index in [-0.39, 0.29) is 10.7 Å². The second-order valence-corrected chi connectivity index (χ2v) is 5.23. The first-order valence-corrected chi connectivity index (χ1v) is 6.91. The molecule has 1 aromatic heterocycles. The molecule has 0 bridgehead atoms. The van der Waals surface area contributed by atoms with Gasteiger partial charge in [0.2, 0.25) is 0 Å². The van der Waals surface area contributed by atoms with Crippen LogP contribution in [-0.2, 0) is 0 Å². The normalized spacial score (nSPS) is 10.7. The number of aldehydes is 1. The van der Waals surface area contributed by atoms with Crippen LogP contribution in [-0.4, -0.2) is 21.3 Å². The van der Waals surface area contributed by atoms with Gasteiger partial charge in [-0.15, -0.1) is 5.10 Å². The minimum atomic E-state index is -0.516. The van der Waals surface area contributed by atoms with E-state index in [4.69, 9.17) is 11.6 Å². The number of aryl methyl sites for hydroxylation is 1. The Morgan fingerprint density at radius 2 is 2.05 bits per heavy atom. The van der Waals surface area contributed by atoms with Gasteiger partial charge in [-0.3, -0.25) is 4.79 Å². The molecule has 0 amide bonds.